The van der Waals surface area contributed by atoms with Gasteiger partial charge in [-0.1, -0.05) is 17.7 Å². The van der Waals surface area contributed by atoms with Gasteiger partial charge in [0.1, 0.15) is 6.04 Å². The van der Waals surface area contributed by atoms with E-state index < -0.39 is 16.1 Å². The van der Waals surface area contributed by atoms with Crippen molar-refractivity contribution in [1.29, 1.82) is 0 Å². The highest BCUT2D eigenvalue weighted by Gasteiger charge is 2.43. The van der Waals surface area contributed by atoms with Gasteiger partial charge < -0.3 is 4.90 Å². The summed E-state index contributed by atoms with van der Waals surface area (Å²) in [7, 11) is -3.73. The van der Waals surface area contributed by atoms with Crippen LogP contribution in [0.2, 0.25) is 0 Å². The fourth-order valence-corrected chi connectivity index (χ4v) is 7.83. The number of amides is 1. The number of carbonyl (C=O) groups is 1. The van der Waals surface area contributed by atoms with Crippen molar-refractivity contribution < 1.29 is 13.2 Å². The Bertz CT molecular complexity index is 1010. The van der Waals surface area contributed by atoms with E-state index in [-0.39, 0.29) is 11.8 Å². The smallest absolute Gasteiger partial charge is 0.244 e. The van der Waals surface area contributed by atoms with Crippen LogP contribution in [0.3, 0.4) is 0 Å². The number of sulfonamides is 1. The van der Waals surface area contributed by atoms with Crippen molar-refractivity contribution in [3.8, 4) is 0 Å². The van der Waals surface area contributed by atoms with Crippen molar-refractivity contribution in [1.82, 2.24) is 14.2 Å². The number of benzene rings is 1. The predicted molar refractivity (Wildman–Crippen MR) is 118 cm³/mol. The van der Waals surface area contributed by atoms with Gasteiger partial charge in [-0.2, -0.15) is 4.31 Å². The second kappa shape index (κ2) is 8.40. The molecule has 1 amide bonds. The van der Waals surface area contributed by atoms with Crippen molar-refractivity contribution in [2.75, 3.05) is 19.6 Å². The van der Waals surface area contributed by atoms with Crippen LogP contribution in [0.15, 0.2) is 28.6 Å². The Morgan fingerprint density at radius 1 is 1.10 bits per heavy atom. The highest BCUT2D eigenvalue weighted by molar-refractivity contribution is 7.89. The van der Waals surface area contributed by atoms with E-state index in [2.05, 4.69) is 4.98 Å². The second-order valence-corrected chi connectivity index (χ2v) is 11.2. The maximum absolute atomic E-state index is 13.6. The quantitative estimate of drug-likeness (QED) is 0.718. The predicted octanol–water partition coefficient (Wildman–Crippen LogP) is 3.63. The van der Waals surface area contributed by atoms with Gasteiger partial charge in [0.15, 0.2) is 0 Å². The molecule has 2 aliphatic rings. The molecule has 6 nitrogen and oxygen atoms in total. The van der Waals surface area contributed by atoms with Gasteiger partial charge in [0.2, 0.25) is 15.9 Å². The average Bonchev–Trinajstić information content (AvgIpc) is 3.38. The zero-order valence-electron chi connectivity index (χ0n) is 17.8. The summed E-state index contributed by atoms with van der Waals surface area (Å²) in [5, 5.41) is 3.03. The van der Waals surface area contributed by atoms with Crippen LogP contribution in [-0.2, 0) is 14.8 Å². The number of carbonyl (C=O) groups excluding carboxylic acids is 1. The van der Waals surface area contributed by atoms with Crippen LogP contribution in [-0.4, -0.2) is 54.2 Å². The van der Waals surface area contributed by atoms with Crippen LogP contribution in [0.1, 0.15) is 53.3 Å². The minimum atomic E-state index is -3.73. The van der Waals surface area contributed by atoms with E-state index in [1.807, 2.05) is 43.2 Å². The first-order valence-corrected chi connectivity index (χ1v) is 12.9. The molecule has 2 aromatic rings. The Morgan fingerprint density at radius 3 is 2.47 bits per heavy atom. The molecule has 8 heteroatoms. The van der Waals surface area contributed by atoms with Crippen LogP contribution in [0.4, 0.5) is 0 Å². The lowest BCUT2D eigenvalue weighted by Gasteiger charge is -2.35. The lowest BCUT2D eigenvalue weighted by molar-refractivity contribution is -0.135. The van der Waals surface area contributed by atoms with E-state index in [9.17, 15) is 13.2 Å². The molecule has 2 saturated heterocycles. The average molecular weight is 448 g/mol. The normalized spacial score (nSPS) is 23.1. The van der Waals surface area contributed by atoms with Gasteiger partial charge in [0.05, 0.1) is 9.90 Å². The van der Waals surface area contributed by atoms with E-state index in [1.165, 1.54) is 4.31 Å². The van der Waals surface area contributed by atoms with Crippen molar-refractivity contribution in [3.63, 3.8) is 0 Å². The summed E-state index contributed by atoms with van der Waals surface area (Å²) in [5.41, 5.74) is 2.53. The Balaban J connectivity index is 1.58. The van der Waals surface area contributed by atoms with Gasteiger partial charge in [-0.15, -0.1) is 11.3 Å². The molecule has 2 atom stereocenters. The molecular formula is C22H29N3O3S2. The third-order valence-electron chi connectivity index (χ3n) is 6.19. The molecule has 0 N–H and O–H groups in total. The molecule has 2 aliphatic heterocycles. The highest BCUT2D eigenvalue weighted by atomic mass is 32.2. The van der Waals surface area contributed by atoms with E-state index in [4.69, 9.17) is 0 Å². The zero-order chi connectivity index (χ0) is 21.5. The Labute approximate surface area is 183 Å². The first kappa shape index (κ1) is 21.5. The van der Waals surface area contributed by atoms with Crippen molar-refractivity contribution in [3.05, 3.63) is 45.4 Å². The second-order valence-electron chi connectivity index (χ2n) is 8.50. The lowest BCUT2D eigenvalue weighted by atomic mass is 9.98. The maximum atomic E-state index is 13.6. The molecule has 0 radical (unpaired) electrons. The standard InChI is InChI=1S/C22H29N3O3S2/c1-15-12-16(2)20(17(3)13-15)30(27,28)25-10-5-7-19(25)22(26)24-9-4-6-18(14-24)21-23-8-11-29-21/h8,11-13,18-19H,4-7,9-10,14H2,1-3H3. The van der Waals surface area contributed by atoms with E-state index in [0.29, 0.717) is 37.4 Å². The van der Waals surface area contributed by atoms with Gasteiger partial charge >= 0.3 is 0 Å². The zero-order valence-corrected chi connectivity index (χ0v) is 19.4. The molecule has 30 heavy (non-hydrogen) atoms. The van der Waals surface area contributed by atoms with Gasteiger partial charge in [-0.25, -0.2) is 13.4 Å². The molecule has 4 rings (SSSR count). The minimum Gasteiger partial charge on any atom is -0.341 e. The summed E-state index contributed by atoms with van der Waals surface area (Å²) < 4.78 is 28.6. The summed E-state index contributed by atoms with van der Waals surface area (Å²) >= 11 is 1.63. The summed E-state index contributed by atoms with van der Waals surface area (Å²) in [4.78, 5) is 20.1. The lowest BCUT2D eigenvalue weighted by Crippen LogP contribution is -2.50. The number of aryl methyl sites for hydroxylation is 3. The summed E-state index contributed by atoms with van der Waals surface area (Å²) in [6, 6.07) is 3.19. The third-order valence-corrected chi connectivity index (χ3v) is 9.35. The van der Waals surface area contributed by atoms with Crippen molar-refractivity contribution in [2.24, 2.45) is 0 Å². The summed E-state index contributed by atoms with van der Waals surface area (Å²) in [6.45, 7) is 7.35. The van der Waals surface area contributed by atoms with Crippen LogP contribution < -0.4 is 0 Å². The van der Waals surface area contributed by atoms with Crippen molar-refractivity contribution in [2.45, 2.75) is 63.3 Å². The molecule has 3 heterocycles. The van der Waals surface area contributed by atoms with Gasteiger partial charge in [-0.3, -0.25) is 4.79 Å². The number of hydrogen-bond donors (Lipinski definition) is 0. The molecule has 0 bridgehead atoms. The molecular weight excluding hydrogens is 418 g/mol. The van der Waals surface area contributed by atoms with E-state index in [0.717, 1.165) is 34.5 Å². The first-order chi connectivity index (χ1) is 14.3. The van der Waals surface area contributed by atoms with E-state index in [1.54, 1.807) is 17.5 Å². The third kappa shape index (κ3) is 3.92. The van der Waals surface area contributed by atoms with Gasteiger partial charge in [0, 0.05) is 37.1 Å². The van der Waals surface area contributed by atoms with Gasteiger partial charge in [-0.05, 0) is 57.6 Å². The van der Waals surface area contributed by atoms with Crippen LogP contribution in [0, 0.1) is 20.8 Å². The Hall–Kier alpha value is -1.77. The Kier molecular flexibility index (Phi) is 6.01. The molecule has 162 valence electrons. The molecule has 0 spiro atoms. The van der Waals surface area contributed by atoms with E-state index >= 15 is 0 Å². The fourth-order valence-electron chi connectivity index (χ4n) is 4.99. The largest absolute Gasteiger partial charge is 0.341 e. The monoisotopic (exact) mass is 447 g/mol. The number of hydrogen-bond acceptors (Lipinski definition) is 5. The topological polar surface area (TPSA) is 70.6 Å². The summed E-state index contributed by atoms with van der Waals surface area (Å²) in [5.74, 6) is 0.190. The number of rotatable bonds is 4. The molecule has 2 unspecified atom stereocenters. The number of nitrogens with zero attached hydrogens (tertiary/aromatic N) is 3. The van der Waals surface area contributed by atoms with Crippen molar-refractivity contribution >= 4 is 27.3 Å². The van der Waals surface area contributed by atoms with Crippen LogP contribution in [0.25, 0.3) is 0 Å². The number of thiazole rings is 1. The van der Waals surface area contributed by atoms with Crippen LogP contribution >= 0.6 is 11.3 Å². The number of piperidine rings is 1. The molecule has 0 aliphatic carbocycles. The minimum absolute atomic E-state index is 0.0558. The molecule has 2 fully saturated rings. The summed E-state index contributed by atoms with van der Waals surface area (Å²) in [6.07, 6.45) is 5.04. The van der Waals surface area contributed by atoms with Crippen LogP contribution in [0.5, 0.6) is 0 Å². The molecule has 0 saturated carbocycles. The fraction of sp³-hybridized carbons (Fsp3) is 0.545. The number of likely N-dealkylation sites (tertiary alicyclic amines) is 1. The highest BCUT2D eigenvalue weighted by Crippen LogP contribution is 2.33. The van der Waals surface area contributed by atoms with Gasteiger partial charge in [0.25, 0.3) is 0 Å². The first-order valence-electron chi connectivity index (χ1n) is 10.6. The molecule has 1 aromatic heterocycles. The molecule has 1 aromatic carbocycles. The Morgan fingerprint density at radius 2 is 1.80 bits per heavy atom. The number of aromatic nitrogens is 1. The maximum Gasteiger partial charge on any atom is 0.244 e. The SMILES string of the molecule is Cc1cc(C)c(S(=O)(=O)N2CCCC2C(=O)N2CCCC(c3nccs3)C2)c(C)c1.